The maximum Gasteiger partial charge on any atom is 0.251 e. The van der Waals surface area contributed by atoms with E-state index in [0.717, 1.165) is 25.3 Å². The lowest BCUT2D eigenvalue weighted by Gasteiger charge is -2.37. The standard InChI is InChI=1S/C20H24N2O2/c1-22-13-12-19(18(14-22)15-6-4-3-5-7-15)21-20(23)16-8-10-17(24-2)11-9-16/h3-11,18-19H,12-14H2,1-2H3,(H,21,23)/t18-,19-/m0/s1. The van der Waals surface area contributed by atoms with Gasteiger partial charge in [0.15, 0.2) is 0 Å². The Kier molecular flexibility index (Phi) is 5.16. The van der Waals surface area contributed by atoms with E-state index in [1.165, 1.54) is 5.56 Å². The van der Waals surface area contributed by atoms with Crippen molar-refractivity contribution in [2.24, 2.45) is 0 Å². The number of hydrogen-bond acceptors (Lipinski definition) is 3. The number of nitrogens with one attached hydrogen (secondary N) is 1. The first-order valence-corrected chi connectivity index (χ1v) is 8.36. The number of amides is 1. The second-order valence-corrected chi connectivity index (χ2v) is 6.38. The predicted molar refractivity (Wildman–Crippen MR) is 95.5 cm³/mol. The van der Waals surface area contributed by atoms with Gasteiger partial charge in [0.1, 0.15) is 5.75 Å². The molecule has 1 heterocycles. The van der Waals surface area contributed by atoms with Gasteiger partial charge in [-0.15, -0.1) is 0 Å². The van der Waals surface area contributed by atoms with Crippen LogP contribution in [0.4, 0.5) is 0 Å². The second-order valence-electron chi connectivity index (χ2n) is 6.38. The monoisotopic (exact) mass is 324 g/mol. The Hall–Kier alpha value is -2.33. The van der Waals surface area contributed by atoms with Crippen molar-refractivity contribution in [1.29, 1.82) is 0 Å². The highest BCUT2D eigenvalue weighted by atomic mass is 16.5. The van der Waals surface area contributed by atoms with E-state index in [1.807, 2.05) is 18.2 Å². The molecule has 24 heavy (non-hydrogen) atoms. The molecule has 3 rings (SSSR count). The highest BCUT2D eigenvalue weighted by Crippen LogP contribution is 2.27. The third kappa shape index (κ3) is 3.77. The topological polar surface area (TPSA) is 41.6 Å². The lowest BCUT2D eigenvalue weighted by Crippen LogP contribution is -2.48. The predicted octanol–water partition coefficient (Wildman–Crippen LogP) is 2.91. The van der Waals surface area contributed by atoms with E-state index in [-0.39, 0.29) is 11.9 Å². The lowest BCUT2D eigenvalue weighted by atomic mass is 9.86. The Balaban J connectivity index is 1.74. The van der Waals surface area contributed by atoms with E-state index in [0.29, 0.717) is 11.5 Å². The van der Waals surface area contributed by atoms with E-state index in [1.54, 1.807) is 19.2 Å². The van der Waals surface area contributed by atoms with Gasteiger partial charge in [0.25, 0.3) is 5.91 Å². The van der Waals surface area contributed by atoms with E-state index in [4.69, 9.17) is 4.74 Å². The molecule has 0 unspecified atom stereocenters. The molecule has 0 spiro atoms. The SMILES string of the molecule is COc1ccc(C(=O)N[C@H]2CCN(C)C[C@H]2c2ccccc2)cc1. The van der Waals surface area contributed by atoms with Crippen molar-refractivity contribution in [2.75, 3.05) is 27.2 Å². The summed E-state index contributed by atoms with van der Waals surface area (Å²) in [5.74, 6) is 1.05. The van der Waals surface area contributed by atoms with Crippen molar-refractivity contribution in [1.82, 2.24) is 10.2 Å². The van der Waals surface area contributed by atoms with Gasteiger partial charge in [0.2, 0.25) is 0 Å². The molecule has 4 nitrogen and oxygen atoms in total. The van der Waals surface area contributed by atoms with Gasteiger partial charge < -0.3 is 15.0 Å². The summed E-state index contributed by atoms with van der Waals surface area (Å²) in [4.78, 5) is 14.9. The summed E-state index contributed by atoms with van der Waals surface area (Å²) in [6.07, 6.45) is 0.956. The smallest absolute Gasteiger partial charge is 0.251 e. The Bertz CT molecular complexity index is 670. The molecule has 0 saturated carbocycles. The third-order valence-electron chi connectivity index (χ3n) is 4.71. The molecule has 0 bridgehead atoms. The Morgan fingerprint density at radius 1 is 1.12 bits per heavy atom. The van der Waals surface area contributed by atoms with Gasteiger partial charge in [-0.3, -0.25) is 4.79 Å². The summed E-state index contributed by atoms with van der Waals surface area (Å²) in [5.41, 5.74) is 1.95. The summed E-state index contributed by atoms with van der Waals surface area (Å²) >= 11 is 0. The van der Waals surface area contributed by atoms with E-state index < -0.39 is 0 Å². The highest BCUT2D eigenvalue weighted by Gasteiger charge is 2.30. The largest absolute Gasteiger partial charge is 0.497 e. The molecule has 2 aromatic carbocycles. The number of benzene rings is 2. The molecular formula is C20H24N2O2. The summed E-state index contributed by atoms with van der Waals surface area (Å²) in [6, 6.07) is 17.8. The normalized spacial score (nSPS) is 21.2. The van der Waals surface area contributed by atoms with Gasteiger partial charge in [-0.1, -0.05) is 30.3 Å². The third-order valence-corrected chi connectivity index (χ3v) is 4.71. The number of carbonyl (C=O) groups is 1. The van der Waals surface area contributed by atoms with Crippen LogP contribution in [0.1, 0.15) is 28.3 Å². The van der Waals surface area contributed by atoms with Crippen LogP contribution in [0, 0.1) is 0 Å². The average Bonchev–Trinajstić information content (AvgIpc) is 2.64. The molecule has 0 aromatic heterocycles. The number of hydrogen-bond donors (Lipinski definition) is 1. The molecule has 2 atom stereocenters. The van der Waals surface area contributed by atoms with Crippen molar-refractivity contribution in [3.8, 4) is 5.75 Å². The fourth-order valence-corrected chi connectivity index (χ4v) is 3.32. The van der Waals surface area contributed by atoms with Crippen LogP contribution < -0.4 is 10.1 Å². The van der Waals surface area contributed by atoms with Crippen LogP contribution >= 0.6 is 0 Å². The minimum Gasteiger partial charge on any atom is -0.497 e. The van der Waals surface area contributed by atoms with Crippen molar-refractivity contribution < 1.29 is 9.53 Å². The Morgan fingerprint density at radius 2 is 1.83 bits per heavy atom. The van der Waals surface area contributed by atoms with Crippen LogP contribution in [0.3, 0.4) is 0 Å². The summed E-state index contributed by atoms with van der Waals surface area (Å²) < 4.78 is 5.15. The molecular weight excluding hydrogens is 300 g/mol. The minimum atomic E-state index is -0.0202. The highest BCUT2D eigenvalue weighted by molar-refractivity contribution is 5.94. The van der Waals surface area contributed by atoms with Crippen LogP contribution in [-0.4, -0.2) is 44.1 Å². The second kappa shape index (κ2) is 7.49. The number of piperidine rings is 1. The molecule has 0 aliphatic carbocycles. The van der Waals surface area contributed by atoms with Gasteiger partial charge in [-0.05, 0) is 49.8 Å². The fourth-order valence-electron chi connectivity index (χ4n) is 3.32. The van der Waals surface area contributed by atoms with Gasteiger partial charge in [0.05, 0.1) is 7.11 Å². The number of methoxy groups -OCH3 is 1. The van der Waals surface area contributed by atoms with Crippen LogP contribution in [0.2, 0.25) is 0 Å². The molecule has 1 aliphatic heterocycles. The molecule has 2 aromatic rings. The number of rotatable bonds is 4. The van der Waals surface area contributed by atoms with Crippen molar-refractivity contribution >= 4 is 5.91 Å². The van der Waals surface area contributed by atoms with Crippen molar-refractivity contribution in [3.05, 3.63) is 65.7 Å². The van der Waals surface area contributed by atoms with Crippen LogP contribution in [0.25, 0.3) is 0 Å². The molecule has 4 heteroatoms. The number of ether oxygens (including phenoxy) is 1. The molecule has 126 valence electrons. The first-order valence-electron chi connectivity index (χ1n) is 8.36. The zero-order valence-corrected chi connectivity index (χ0v) is 14.2. The number of likely N-dealkylation sites (tertiary alicyclic amines) is 1. The van der Waals surface area contributed by atoms with Gasteiger partial charge in [-0.25, -0.2) is 0 Å². The van der Waals surface area contributed by atoms with E-state index in [2.05, 4.69) is 41.5 Å². The molecule has 1 saturated heterocycles. The molecule has 1 N–H and O–H groups in total. The maximum absolute atomic E-state index is 12.6. The first kappa shape index (κ1) is 16.5. The maximum atomic E-state index is 12.6. The molecule has 0 radical (unpaired) electrons. The van der Waals surface area contributed by atoms with Crippen LogP contribution in [-0.2, 0) is 0 Å². The summed E-state index contributed by atoms with van der Waals surface area (Å²) in [5, 5.41) is 3.24. The summed E-state index contributed by atoms with van der Waals surface area (Å²) in [6.45, 7) is 1.95. The molecule has 1 aliphatic rings. The van der Waals surface area contributed by atoms with Crippen molar-refractivity contribution in [2.45, 2.75) is 18.4 Å². The van der Waals surface area contributed by atoms with E-state index in [9.17, 15) is 4.79 Å². The fraction of sp³-hybridized carbons (Fsp3) is 0.350. The summed E-state index contributed by atoms with van der Waals surface area (Å²) in [7, 11) is 3.76. The molecule has 1 fully saturated rings. The van der Waals surface area contributed by atoms with Crippen molar-refractivity contribution in [3.63, 3.8) is 0 Å². The van der Waals surface area contributed by atoms with Crippen LogP contribution in [0.5, 0.6) is 5.75 Å². The average molecular weight is 324 g/mol. The quantitative estimate of drug-likeness (QED) is 0.940. The first-order chi connectivity index (χ1) is 11.7. The number of likely N-dealkylation sites (N-methyl/N-ethyl adjacent to an activating group) is 1. The Labute approximate surface area is 143 Å². The lowest BCUT2D eigenvalue weighted by molar-refractivity contribution is 0.0904. The zero-order chi connectivity index (χ0) is 16.9. The van der Waals surface area contributed by atoms with E-state index >= 15 is 0 Å². The number of carbonyl (C=O) groups excluding carboxylic acids is 1. The minimum absolute atomic E-state index is 0.0202. The zero-order valence-electron chi connectivity index (χ0n) is 14.2. The van der Waals surface area contributed by atoms with Gasteiger partial charge in [0, 0.05) is 24.1 Å². The van der Waals surface area contributed by atoms with Gasteiger partial charge in [-0.2, -0.15) is 0 Å². The Morgan fingerprint density at radius 3 is 2.50 bits per heavy atom. The number of nitrogens with zero attached hydrogens (tertiary/aromatic N) is 1. The van der Waals surface area contributed by atoms with Gasteiger partial charge >= 0.3 is 0 Å². The molecule has 1 amide bonds. The van der Waals surface area contributed by atoms with Crippen LogP contribution in [0.15, 0.2) is 54.6 Å².